The van der Waals surface area contributed by atoms with Crippen molar-refractivity contribution in [2.24, 2.45) is 0 Å². The average molecular weight is 667 g/mol. The molecule has 0 aliphatic heterocycles. The van der Waals surface area contributed by atoms with Crippen LogP contribution in [0.5, 0.6) is 0 Å². The molecule has 1 unspecified atom stereocenters. The summed E-state index contributed by atoms with van der Waals surface area (Å²) in [4.78, 5) is 12.1. The maximum absolute atomic E-state index is 12.1. The highest BCUT2D eigenvalue weighted by molar-refractivity contribution is 5.69. The van der Waals surface area contributed by atoms with Crippen molar-refractivity contribution in [2.75, 3.05) is 19.8 Å². The van der Waals surface area contributed by atoms with Gasteiger partial charge in [0.15, 0.2) is 0 Å². The van der Waals surface area contributed by atoms with E-state index < -0.39 is 6.10 Å². The molecular weight excluding hydrogens is 592 g/mol. The summed E-state index contributed by atoms with van der Waals surface area (Å²) in [7, 11) is 0. The summed E-state index contributed by atoms with van der Waals surface area (Å²) < 4.78 is 11.1. The van der Waals surface area contributed by atoms with Crippen LogP contribution in [-0.2, 0) is 14.3 Å². The molecule has 0 aromatic rings. The van der Waals surface area contributed by atoms with Gasteiger partial charge in [-0.3, -0.25) is 4.79 Å². The molecule has 0 aromatic heterocycles. The molecule has 274 valence electrons. The number of rotatable bonds is 35. The number of hydrogen-bond donors (Lipinski definition) is 1. The molecule has 0 aromatic carbocycles. The van der Waals surface area contributed by atoms with Gasteiger partial charge in [0.25, 0.3) is 0 Å². The summed E-state index contributed by atoms with van der Waals surface area (Å²) in [5.74, 6) is -0.221. The number of esters is 1. The van der Waals surface area contributed by atoms with Crippen molar-refractivity contribution in [3.8, 4) is 0 Å². The third-order valence-electron chi connectivity index (χ3n) is 7.94. The second-order valence-electron chi connectivity index (χ2n) is 12.6. The van der Waals surface area contributed by atoms with Crippen LogP contribution in [0.25, 0.3) is 0 Å². The number of unbranched alkanes of at least 4 members (excludes halogenated alkanes) is 13. The third kappa shape index (κ3) is 38.0. The molecule has 48 heavy (non-hydrogen) atoms. The summed E-state index contributed by atoms with van der Waals surface area (Å²) in [5, 5.41) is 9.55. The number of carbonyl (C=O) groups excluding carboxylic acids is 1. The molecule has 0 bridgehead atoms. The lowest BCUT2D eigenvalue weighted by atomic mass is 10.1. The topological polar surface area (TPSA) is 55.8 Å². The molecule has 0 aliphatic rings. The molecule has 0 radical (unpaired) electrons. The van der Waals surface area contributed by atoms with Gasteiger partial charge in [0.05, 0.1) is 13.2 Å². The molecule has 0 heterocycles. The summed E-state index contributed by atoms with van der Waals surface area (Å²) >= 11 is 0. The smallest absolute Gasteiger partial charge is 0.306 e. The van der Waals surface area contributed by atoms with Crippen LogP contribution in [0, 0.1) is 0 Å². The fourth-order valence-corrected chi connectivity index (χ4v) is 5.04. The highest BCUT2D eigenvalue weighted by Gasteiger charge is 2.13. The number of hydrogen-bond acceptors (Lipinski definition) is 4. The van der Waals surface area contributed by atoms with Crippen molar-refractivity contribution < 1.29 is 19.4 Å². The minimum Gasteiger partial charge on any atom is -0.457 e. The zero-order valence-electron chi connectivity index (χ0n) is 31.2. The van der Waals surface area contributed by atoms with Crippen molar-refractivity contribution >= 4 is 5.97 Å². The highest BCUT2D eigenvalue weighted by atomic mass is 16.6. The second kappa shape index (κ2) is 40.7. The first-order valence-corrected chi connectivity index (χ1v) is 19.7. The summed E-state index contributed by atoms with van der Waals surface area (Å²) in [6.45, 7) is 5.12. The van der Waals surface area contributed by atoms with Gasteiger partial charge in [0.1, 0.15) is 6.10 Å². The zero-order chi connectivity index (χ0) is 34.9. The fraction of sp³-hybridized carbons (Fsp3) is 0.659. The van der Waals surface area contributed by atoms with Gasteiger partial charge >= 0.3 is 5.97 Å². The van der Waals surface area contributed by atoms with Gasteiger partial charge in [0.2, 0.25) is 0 Å². The van der Waals surface area contributed by atoms with E-state index in [1.807, 2.05) is 0 Å². The van der Waals surface area contributed by atoms with Crippen molar-refractivity contribution in [3.63, 3.8) is 0 Å². The molecule has 1 atom stereocenters. The Morgan fingerprint density at radius 2 is 0.938 bits per heavy atom. The molecule has 0 saturated carbocycles. The fourth-order valence-electron chi connectivity index (χ4n) is 5.04. The first-order chi connectivity index (χ1) is 23.7. The standard InChI is InChI=1S/C44H74O4/c1-3-5-7-9-11-13-15-16-17-18-19-20-21-22-23-24-25-26-27-28-29-30-32-34-36-38-40-47-42-43(41-45)48-44(46)39-37-35-33-31-14-12-10-8-6-4-2/h5,7-8,10-11,13,16-17,19-20,22-23,25-26,43,45H,3-4,6,9,12,14-15,18,21,24,27-42H2,1-2H3/b7-5-,10-8-,13-11-,17-16-,20-19-,23-22-,26-25-. The van der Waals surface area contributed by atoms with E-state index in [0.717, 1.165) is 77.0 Å². The van der Waals surface area contributed by atoms with E-state index >= 15 is 0 Å². The minimum atomic E-state index is -0.548. The molecule has 0 spiro atoms. The third-order valence-corrected chi connectivity index (χ3v) is 7.94. The lowest BCUT2D eigenvalue weighted by Crippen LogP contribution is -2.27. The molecule has 1 N–H and O–H groups in total. The Balaban J connectivity index is 3.51. The lowest BCUT2D eigenvalue weighted by Gasteiger charge is -2.15. The number of ether oxygens (including phenoxy) is 2. The number of aliphatic hydroxyl groups is 1. The maximum atomic E-state index is 12.1. The van der Waals surface area contributed by atoms with Crippen molar-refractivity contribution in [3.05, 3.63) is 85.1 Å². The van der Waals surface area contributed by atoms with Crippen molar-refractivity contribution in [1.82, 2.24) is 0 Å². The van der Waals surface area contributed by atoms with E-state index in [1.54, 1.807) is 0 Å². The second-order valence-corrected chi connectivity index (χ2v) is 12.6. The predicted octanol–water partition coefficient (Wildman–Crippen LogP) is 12.8. The minimum absolute atomic E-state index is 0.185. The summed E-state index contributed by atoms with van der Waals surface area (Å²) in [6, 6.07) is 0. The van der Waals surface area contributed by atoms with E-state index in [-0.39, 0.29) is 19.2 Å². The van der Waals surface area contributed by atoms with Crippen LogP contribution in [0.2, 0.25) is 0 Å². The summed E-state index contributed by atoms with van der Waals surface area (Å²) in [5.41, 5.74) is 0. The number of allylic oxidation sites excluding steroid dienone is 14. The Bertz CT molecular complexity index is 876. The van der Waals surface area contributed by atoms with Crippen LogP contribution in [0.3, 0.4) is 0 Å². The van der Waals surface area contributed by atoms with Crippen molar-refractivity contribution in [2.45, 2.75) is 168 Å². The van der Waals surface area contributed by atoms with E-state index in [0.29, 0.717) is 13.0 Å². The predicted molar refractivity (Wildman–Crippen MR) is 209 cm³/mol. The maximum Gasteiger partial charge on any atom is 0.306 e. The van der Waals surface area contributed by atoms with Crippen LogP contribution >= 0.6 is 0 Å². The molecule has 4 nitrogen and oxygen atoms in total. The van der Waals surface area contributed by atoms with Crippen LogP contribution in [-0.4, -0.2) is 37.0 Å². The van der Waals surface area contributed by atoms with E-state index in [9.17, 15) is 9.90 Å². The SMILES string of the molecule is CC/C=C\C/C=C\C/C=C\C/C=C\C/C=C\C/C=C\CCCCCCCCCOCC(CO)OC(=O)CCCCCCC/C=C\CCC. The first-order valence-electron chi connectivity index (χ1n) is 19.7. The van der Waals surface area contributed by atoms with Crippen LogP contribution in [0.15, 0.2) is 85.1 Å². The largest absolute Gasteiger partial charge is 0.457 e. The number of carbonyl (C=O) groups is 1. The van der Waals surface area contributed by atoms with Crippen LogP contribution < -0.4 is 0 Å². The Morgan fingerprint density at radius 1 is 0.521 bits per heavy atom. The van der Waals surface area contributed by atoms with Gasteiger partial charge in [-0.15, -0.1) is 0 Å². The molecule has 0 amide bonds. The van der Waals surface area contributed by atoms with Gasteiger partial charge in [-0.2, -0.15) is 0 Å². The van der Waals surface area contributed by atoms with Crippen LogP contribution in [0.1, 0.15) is 162 Å². The Morgan fingerprint density at radius 3 is 1.44 bits per heavy atom. The van der Waals surface area contributed by atoms with Crippen molar-refractivity contribution in [1.29, 1.82) is 0 Å². The van der Waals surface area contributed by atoms with Gasteiger partial charge in [-0.1, -0.05) is 157 Å². The summed E-state index contributed by atoms with van der Waals surface area (Å²) in [6.07, 6.45) is 56.4. The quantitative estimate of drug-likeness (QED) is 0.0415. The highest BCUT2D eigenvalue weighted by Crippen LogP contribution is 2.11. The molecular formula is C44H74O4. The Hall–Kier alpha value is -2.43. The van der Waals surface area contributed by atoms with Gasteiger partial charge < -0.3 is 14.6 Å². The van der Waals surface area contributed by atoms with Crippen LogP contribution in [0.4, 0.5) is 0 Å². The van der Waals surface area contributed by atoms with Gasteiger partial charge in [0, 0.05) is 13.0 Å². The lowest BCUT2D eigenvalue weighted by molar-refractivity contribution is -0.154. The van der Waals surface area contributed by atoms with E-state index in [4.69, 9.17) is 9.47 Å². The average Bonchev–Trinajstić information content (AvgIpc) is 3.09. The Kier molecular flexibility index (Phi) is 38.7. The normalized spacial score (nSPS) is 13.3. The van der Waals surface area contributed by atoms with E-state index in [1.165, 1.54) is 64.2 Å². The molecule has 0 saturated heterocycles. The molecule has 4 heteroatoms. The Labute approximate surface area is 297 Å². The number of aliphatic hydroxyl groups excluding tert-OH is 1. The first kappa shape index (κ1) is 45.6. The molecule has 0 aliphatic carbocycles. The van der Waals surface area contributed by atoms with E-state index in [2.05, 4.69) is 98.9 Å². The molecule has 0 rings (SSSR count). The molecule has 0 fully saturated rings. The monoisotopic (exact) mass is 667 g/mol. The van der Waals surface area contributed by atoms with Gasteiger partial charge in [-0.25, -0.2) is 0 Å². The van der Waals surface area contributed by atoms with Gasteiger partial charge in [-0.05, 0) is 83.5 Å². The zero-order valence-corrected chi connectivity index (χ0v) is 31.2.